The van der Waals surface area contributed by atoms with E-state index in [0.717, 1.165) is 27.2 Å². The molecule has 2 nitrogen and oxygen atoms in total. The fraction of sp³-hybridized carbons (Fsp3) is 0.333. The van der Waals surface area contributed by atoms with Crippen LogP contribution in [0.15, 0.2) is 22.7 Å². The van der Waals surface area contributed by atoms with E-state index in [0.29, 0.717) is 0 Å². The second-order valence-corrected chi connectivity index (χ2v) is 4.64. The molecule has 0 aliphatic rings. The fourth-order valence-electron chi connectivity index (χ4n) is 0.944. The Hall–Kier alpha value is -0.190. The van der Waals surface area contributed by atoms with Gasteiger partial charge in [-0.3, -0.25) is 0 Å². The molecule has 0 saturated carbocycles. The van der Waals surface area contributed by atoms with Crippen molar-refractivity contribution < 1.29 is 5.11 Å². The van der Waals surface area contributed by atoms with Crippen molar-refractivity contribution in [2.75, 3.05) is 18.1 Å². The topological polar surface area (TPSA) is 46.2 Å². The van der Waals surface area contributed by atoms with Crippen molar-refractivity contribution in [1.29, 1.82) is 0 Å². The van der Waals surface area contributed by atoms with E-state index in [2.05, 4.69) is 15.9 Å². The Kier molecular flexibility index (Phi) is 4.62. The van der Waals surface area contributed by atoms with Gasteiger partial charge in [0.25, 0.3) is 0 Å². The van der Waals surface area contributed by atoms with Crippen molar-refractivity contribution in [3.05, 3.63) is 28.2 Å². The summed E-state index contributed by atoms with van der Waals surface area (Å²) in [5.41, 5.74) is 7.73. The van der Waals surface area contributed by atoms with Gasteiger partial charge in [0, 0.05) is 21.7 Å². The van der Waals surface area contributed by atoms with Gasteiger partial charge in [0.05, 0.1) is 6.61 Å². The van der Waals surface area contributed by atoms with Crippen LogP contribution in [0.5, 0.6) is 0 Å². The van der Waals surface area contributed by atoms with E-state index in [4.69, 9.17) is 10.8 Å². The summed E-state index contributed by atoms with van der Waals surface area (Å²) >= 11 is 5.03. The summed E-state index contributed by atoms with van der Waals surface area (Å²) in [6.45, 7) is 0.223. The quantitative estimate of drug-likeness (QED) is 0.646. The van der Waals surface area contributed by atoms with Crippen LogP contribution < -0.4 is 5.73 Å². The molecule has 0 unspecified atom stereocenters. The van der Waals surface area contributed by atoms with Crippen LogP contribution in [-0.4, -0.2) is 17.5 Å². The minimum atomic E-state index is 0.223. The van der Waals surface area contributed by atoms with Crippen molar-refractivity contribution in [2.24, 2.45) is 0 Å². The molecule has 72 valence electrons. The third-order valence-corrected chi connectivity index (χ3v) is 3.08. The first kappa shape index (κ1) is 10.9. The number of nitrogen functional groups attached to an aromatic ring is 1. The van der Waals surface area contributed by atoms with Gasteiger partial charge in [-0.1, -0.05) is 22.0 Å². The molecule has 1 aromatic carbocycles. The lowest BCUT2D eigenvalue weighted by molar-refractivity contribution is 0.322. The van der Waals surface area contributed by atoms with E-state index in [1.54, 1.807) is 11.8 Å². The first-order valence-electron chi connectivity index (χ1n) is 3.96. The van der Waals surface area contributed by atoms with Gasteiger partial charge in [-0.2, -0.15) is 11.8 Å². The number of aliphatic hydroxyl groups excluding tert-OH is 1. The zero-order valence-electron chi connectivity index (χ0n) is 7.16. The molecule has 0 heterocycles. The van der Waals surface area contributed by atoms with Crippen LogP contribution in [0.25, 0.3) is 0 Å². The Bertz CT molecular complexity index is 280. The SMILES string of the molecule is Nc1cc(Br)ccc1CSCCO. The Labute approximate surface area is 90.7 Å². The van der Waals surface area contributed by atoms with Gasteiger partial charge in [-0.15, -0.1) is 0 Å². The monoisotopic (exact) mass is 261 g/mol. The van der Waals surface area contributed by atoms with E-state index in [-0.39, 0.29) is 6.61 Å². The number of rotatable bonds is 4. The second-order valence-electron chi connectivity index (χ2n) is 2.62. The van der Waals surface area contributed by atoms with Gasteiger partial charge in [-0.25, -0.2) is 0 Å². The lowest BCUT2D eigenvalue weighted by atomic mass is 10.2. The highest BCUT2D eigenvalue weighted by Gasteiger charge is 1.99. The van der Waals surface area contributed by atoms with Crippen LogP contribution in [0.4, 0.5) is 5.69 Å². The standard InChI is InChI=1S/C9H12BrNOS/c10-8-2-1-7(9(11)5-8)6-13-4-3-12/h1-2,5,12H,3-4,6,11H2. The molecule has 1 rings (SSSR count). The molecule has 1 aromatic rings. The smallest absolute Gasteiger partial charge is 0.0521 e. The summed E-state index contributed by atoms with van der Waals surface area (Å²) < 4.78 is 1.00. The van der Waals surface area contributed by atoms with Crippen molar-refractivity contribution in [3.8, 4) is 0 Å². The second kappa shape index (κ2) is 5.52. The fourth-order valence-corrected chi connectivity index (χ4v) is 2.08. The third kappa shape index (κ3) is 3.58. The summed E-state index contributed by atoms with van der Waals surface area (Å²) in [6.07, 6.45) is 0. The molecule has 0 radical (unpaired) electrons. The van der Waals surface area contributed by atoms with E-state index < -0.39 is 0 Å². The molecule has 0 aromatic heterocycles. The molecule has 0 spiro atoms. The van der Waals surface area contributed by atoms with Crippen LogP contribution in [0, 0.1) is 0 Å². The van der Waals surface area contributed by atoms with Crippen molar-refractivity contribution in [1.82, 2.24) is 0 Å². The molecule has 0 aliphatic carbocycles. The highest BCUT2D eigenvalue weighted by Crippen LogP contribution is 2.22. The highest BCUT2D eigenvalue weighted by atomic mass is 79.9. The van der Waals surface area contributed by atoms with Gasteiger partial charge in [-0.05, 0) is 17.7 Å². The van der Waals surface area contributed by atoms with E-state index in [1.807, 2.05) is 18.2 Å². The Morgan fingerprint density at radius 2 is 2.23 bits per heavy atom. The van der Waals surface area contributed by atoms with E-state index in [9.17, 15) is 0 Å². The summed E-state index contributed by atoms with van der Waals surface area (Å²) in [5, 5.41) is 8.60. The predicted octanol–water partition coefficient (Wildman–Crippen LogP) is 2.26. The number of halogens is 1. The van der Waals surface area contributed by atoms with Gasteiger partial charge < -0.3 is 10.8 Å². The van der Waals surface area contributed by atoms with E-state index >= 15 is 0 Å². The number of hydrogen-bond donors (Lipinski definition) is 2. The van der Waals surface area contributed by atoms with Gasteiger partial charge >= 0.3 is 0 Å². The average molecular weight is 262 g/mol. The minimum Gasteiger partial charge on any atom is -0.398 e. The molecule has 0 fully saturated rings. The number of anilines is 1. The zero-order valence-corrected chi connectivity index (χ0v) is 9.57. The summed E-state index contributed by atoms with van der Waals surface area (Å²) in [7, 11) is 0. The van der Waals surface area contributed by atoms with Crippen LogP contribution in [0.3, 0.4) is 0 Å². The normalized spacial score (nSPS) is 10.3. The average Bonchev–Trinajstić information content (AvgIpc) is 2.09. The molecular formula is C9H12BrNOS. The van der Waals surface area contributed by atoms with Crippen molar-refractivity contribution in [2.45, 2.75) is 5.75 Å². The summed E-state index contributed by atoms with van der Waals surface area (Å²) in [6, 6.07) is 5.88. The van der Waals surface area contributed by atoms with Crippen LogP contribution in [0.2, 0.25) is 0 Å². The van der Waals surface area contributed by atoms with Crippen LogP contribution in [-0.2, 0) is 5.75 Å². The Morgan fingerprint density at radius 3 is 2.85 bits per heavy atom. The maximum atomic E-state index is 8.60. The summed E-state index contributed by atoms with van der Waals surface area (Å²) in [5.74, 6) is 1.62. The third-order valence-electron chi connectivity index (χ3n) is 1.60. The maximum absolute atomic E-state index is 8.60. The molecule has 0 saturated heterocycles. The van der Waals surface area contributed by atoms with Crippen LogP contribution in [0.1, 0.15) is 5.56 Å². The molecule has 3 N–H and O–H groups in total. The summed E-state index contributed by atoms with van der Waals surface area (Å²) in [4.78, 5) is 0. The van der Waals surface area contributed by atoms with E-state index in [1.165, 1.54) is 0 Å². The highest BCUT2D eigenvalue weighted by molar-refractivity contribution is 9.10. The minimum absolute atomic E-state index is 0.223. The number of benzene rings is 1. The molecule has 0 bridgehead atoms. The zero-order chi connectivity index (χ0) is 9.68. The molecule has 0 atom stereocenters. The first-order chi connectivity index (χ1) is 6.24. The Morgan fingerprint density at radius 1 is 1.46 bits per heavy atom. The number of nitrogens with two attached hydrogens (primary N) is 1. The Balaban J connectivity index is 2.56. The van der Waals surface area contributed by atoms with Crippen molar-refractivity contribution in [3.63, 3.8) is 0 Å². The molecular weight excluding hydrogens is 250 g/mol. The van der Waals surface area contributed by atoms with Gasteiger partial charge in [0.1, 0.15) is 0 Å². The number of thioether (sulfide) groups is 1. The first-order valence-corrected chi connectivity index (χ1v) is 5.91. The molecule has 0 aliphatic heterocycles. The number of hydrogen-bond acceptors (Lipinski definition) is 3. The van der Waals surface area contributed by atoms with Gasteiger partial charge in [0.2, 0.25) is 0 Å². The van der Waals surface area contributed by atoms with Crippen LogP contribution >= 0.6 is 27.7 Å². The predicted molar refractivity (Wildman–Crippen MR) is 61.8 cm³/mol. The molecule has 13 heavy (non-hydrogen) atoms. The largest absolute Gasteiger partial charge is 0.398 e. The lowest BCUT2D eigenvalue weighted by Gasteiger charge is -2.04. The lowest BCUT2D eigenvalue weighted by Crippen LogP contribution is -1.94. The van der Waals surface area contributed by atoms with Gasteiger partial charge in [0.15, 0.2) is 0 Å². The van der Waals surface area contributed by atoms with Crippen molar-refractivity contribution >= 4 is 33.4 Å². The molecule has 0 amide bonds. The number of aliphatic hydroxyl groups is 1. The maximum Gasteiger partial charge on any atom is 0.0521 e. The molecule has 4 heteroatoms.